The number of aromatic nitrogens is 1. The van der Waals surface area contributed by atoms with Gasteiger partial charge >= 0.3 is 0 Å². The maximum atomic E-state index is 6.32. The van der Waals surface area contributed by atoms with Crippen LogP contribution >= 0.6 is 0 Å². The van der Waals surface area contributed by atoms with Crippen LogP contribution in [0.25, 0.3) is 10.9 Å². The fraction of sp³-hybridized carbons (Fsp3) is 0.467. The van der Waals surface area contributed by atoms with Gasteiger partial charge in [0.25, 0.3) is 0 Å². The minimum Gasteiger partial charge on any atom is -0.361 e. The number of aromatic amines is 1. The minimum absolute atomic E-state index is 0.0608. The Hall–Kier alpha value is -1.28. The molecule has 1 saturated carbocycles. The molecule has 1 aliphatic carbocycles. The van der Waals surface area contributed by atoms with Crippen molar-refractivity contribution in [3.8, 4) is 0 Å². The number of nitrogens with two attached hydrogens (primary N) is 1. The van der Waals surface area contributed by atoms with Gasteiger partial charge in [-0.3, -0.25) is 0 Å². The monoisotopic (exact) mass is 228 g/mol. The first-order valence-electron chi connectivity index (χ1n) is 6.31. The van der Waals surface area contributed by atoms with Crippen molar-refractivity contribution in [1.82, 2.24) is 4.98 Å². The van der Waals surface area contributed by atoms with E-state index in [1.54, 1.807) is 0 Å². The molecular formula is C15H20N2. The summed E-state index contributed by atoms with van der Waals surface area (Å²) in [5, 5.41) is 1.30. The van der Waals surface area contributed by atoms with E-state index in [1.807, 2.05) is 0 Å². The van der Waals surface area contributed by atoms with E-state index in [-0.39, 0.29) is 11.0 Å². The first-order valence-corrected chi connectivity index (χ1v) is 6.31. The van der Waals surface area contributed by atoms with Crippen molar-refractivity contribution >= 4 is 10.9 Å². The second-order valence-corrected chi connectivity index (χ2v) is 6.37. The van der Waals surface area contributed by atoms with Gasteiger partial charge in [0, 0.05) is 22.6 Å². The molecule has 2 aromatic rings. The first kappa shape index (κ1) is 10.8. The molecule has 0 aliphatic heterocycles. The van der Waals surface area contributed by atoms with Gasteiger partial charge in [0.15, 0.2) is 0 Å². The van der Waals surface area contributed by atoms with Crippen molar-refractivity contribution in [1.29, 1.82) is 0 Å². The fourth-order valence-electron chi connectivity index (χ4n) is 2.40. The van der Waals surface area contributed by atoms with Crippen LogP contribution in [0.1, 0.15) is 44.7 Å². The van der Waals surface area contributed by atoms with Gasteiger partial charge in [-0.25, -0.2) is 0 Å². The SMILES string of the molecule is CC(C)(C)c1ccc2[nH]cc(C3(N)CC3)c2c1. The highest BCUT2D eigenvalue weighted by Crippen LogP contribution is 2.45. The Kier molecular flexibility index (Phi) is 2.00. The van der Waals surface area contributed by atoms with E-state index in [9.17, 15) is 0 Å². The topological polar surface area (TPSA) is 41.8 Å². The maximum absolute atomic E-state index is 6.32. The summed E-state index contributed by atoms with van der Waals surface area (Å²) in [6, 6.07) is 6.68. The average Bonchev–Trinajstić information content (AvgIpc) is 2.85. The third-order valence-corrected chi connectivity index (χ3v) is 3.87. The van der Waals surface area contributed by atoms with Crippen LogP contribution in [0, 0.1) is 0 Å². The number of fused-ring (bicyclic) bond motifs is 1. The largest absolute Gasteiger partial charge is 0.361 e. The molecule has 0 unspecified atom stereocenters. The molecule has 2 heteroatoms. The third-order valence-electron chi connectivity index (χ3n) is 3.87. The van der Waals surface area contributed by atoms with Crippen LogP contribution in [0.2, 0.25) is 0 Å². The van der Waals surface area contributed by atoms with Crippen molar-refractivity contribution in [2.24, 2.45) is 5.73 Å². The second kappa shape index (κ2) is 3.14. The van der Waals surface area contributed by atoms with Crippen LogP contribution in [0.5, 0.6) is 0 Å². The summed E-state index contributed by atoms with van der Waals surface area (Å²) < 4.78 is 0. The molecule has 3 rings (SSSR count). The first-order chi connectivity index (χ1) is 7.90. The molecule has 2 nitrogen and oxygen atoms in total. The highest BCUT2D eigenvalue weighted by molar-refractivity contribution is 5.85. The van der Waals surface area contributed by atoms with E-state index in [4.69, 9.17) is 5.73 Å². The predicted octanol–water partition coefficient (Wildman–Crippen LogP) is 3.41. The van der Waals surface area contributed by atoms with Crippen LogP contribution in [-0.2, 0) is 11.0 Å². The molecule has 0 atom stereocenters. The summed E-state index contributed by atoms with van der Waals surface area (Å²) in [4.78, 5) is 3.33. The fourth-order valence-corrected chi connectivity index (χ4v) is 2.40. The Morgan fingerprint density at radius 3 is 2.53 bits per heavy atom. The lowest BCUT2D eigenvalue weighted by molar-refractivity contribution is 0.591. The lowest BCUT2D eigenvalue weighted by atomic mass is 9.86. The zero-order valence-corrected chi connectivity index (χ0v) is 10.8. The number of benzene rings is 1. The van der Waals surface area contributed by atoms with E-state index in [0.717, 1.165) is 12.8 Å². The Labute approximate surface area is 102 Å². The number of H-pyrrole nitrogens is 1. The molecule has 1 aliphatic rings. The molecule has 90 valence electrons. The number of rotatable bonds is 1. The number of nitrogens with one attached hydrogen (secondary N) is 1. The summed E-state index contributed by atoms with van der Waals surface area (Å²) in [5.74, 6) is 0. The third kappa shape index (κ3) is 1.67. The van der Waals surface area contributed by atoms with Crippen LogP contribution < -0.4 is 5.73 Å². The summed E-state index contributed by atoms with van der Waals surface area (Å²) in [5.41, 5.74) is 10.3. The predicted molar refractivity (Wildman–Crippen MR) is 72.1 cm³/mol. The highest BCUT2D eigenvalue weighted by Gasteiger charge is 2.41. The Balaban J connectivity index is 2.20. The zero-order chi connectivity index (χ0) is 12.3. The van der Waals surface area contributed by atoms with Crippen molar-refractivity contribution in [3.05, 3.63) is 35.5 Å². The number of hydrogen-bond acceptors (Lipinski definition) is 1. The highest BCUT2D eigenvalue weighted by atomic mass is 14.8. The average molecular weight is 228 g/mol. The second-order valence-electron chi connectivity index (χ2n) is 6.37. The smallest absolute Gasteiger partial charge is 0.0457 e. The standard InChI is InChI=1S/C15H20N2/c1-14(2,3)10-4-5-13-11(8-10)12(9-17-13)15(16)6-7-15/h4-5,8-9,17H,6-7,16H2,1-3H3. The van der Waals surface area contributed by atoms with E-state index in [0.29, 0.717) is 0 Å². The van der Waals surface area contributed by atoms with Crippen molar-refractivity contribution in [2.75, 3.05) is 0 Å². The molecule has 3 N–H and O–H groups in total. The molecule has 0 amide bonds. The van der Waals surface area contributed by atoms with Crippen LogP contribution in [0.15, 0.2) is 24.4 Å². The summed E-state index contributed by atoms with van der Waals surface area (Å²) in [6.07, 6.45) is 4.31. The molecular weight excluding hydrogens is 208 g/mol. The zero-order valence-electron chi connectivity index (χ0n) is 10.8. The van der Waals surface area contributed by atoms with E-state index < -0.39 is 0 Å². The molecule has 1 aromatic carbocycles. The van der Waals surface area contributed by atoms with Gasteiger partial charge in [0.05, 0.1) is 0 Å². The Morgan fingerprint density at radius 2 is 1.94 bits per heavy atom. The molecule has 1 heterocycles. The molecule has 0 radical (unpaired) electrons. The quantitative estimate of drug-likeness (QED) is 0.771. The number of hydrogen-bond donors (Lipinski definition) is 2. The normalized spacial score (nSPS) is 18.6. The van der Waals surface area contributed by atoms with Crippen LogP contribution in [-0.4, -0.2) is 4.98 Å². The van der Waals surface area contributed by atoms with Crippen molar-refractivity contribution < 1.29 is 0 Å². The lowest BCUT2D eigenvalue weighted by Gasteiger charge is -2.19. The molecule has 1 aromatic heterocycles. The summed E-state index contributed by atoms with van der Waals surface area (Å²) >= 11 is 0. The van der Waals surface area contributed by atoms with Gasteiger partial charge in [-0.2, -0.15) is 0 Å². The molecule has 0 saturated heterocycles. The minimum atomic E-state index is -0.0608. The summed E-state index contributed by atoms with van der Waals surface area (Å²) in [7, 11) is 0. The molecule has 17 heavy (non-hydrogen) atoms. The van der Waals surface area contributed by atoms with Crippen molar-refractivity contribution in [3.63, 3.8) is 0 Å². The maximum Gasteiger partial charge on any atom is 0.0457 e. The van der Waals surface area contributed by atoms with Gasteiger partial charge in [-0.05, 0) is 41.5 Å². The Morgan fingerprint density at radius 1 is 1.24 bits per heavy atom. The van der Waals surface area contributed by atoms with Crippen molar-refractivity contribution in [2.45, 2.75) is 44.6 Å². The van der Waals surface area contributed by atoms with E-state index >= 15 is 0 Å². The van der Waals surface area contributed by atoms with Gasteiger partial charge in [0.2, 0.25) is 0 Å². The summed E-state index contributed by atoms with van der Waals surface area (Å²) in [6.45, 7) is 6.74. The Bertz CT molecular complexity index is 568. The molecule has 1 fully saturated rings. The molecule has 0 spiro atoms. The van der Waals surface area contributed by atoms with Gasteiger partial charge in [-0.1, -0.05) is 26.8 Å². The van der Waals surface area contributed by atoms with Crippen LogP contribution in [0.4, 0.5) is 0 Å². The molecule has 0 bridgehead atoms. The van der Waals surface area contributed by atoms with E-state index in [2.05, 4.69) is 50.2 Å². The van der Waals surface area contributed by atoms with Gasteiger partial charge < -0.3 is 10.7 Å². The van der Waals surface area contributed by atoms with E-state index in [1.165, 1.54) is 22.0 Å². The lowest BCUT2D eigenvalue weighted by Crippen LogP contribution is -2.18. The van der Waals surface area contributed by atoms with Gasteiger partial charge in [0.1, 0.15) is 0 Å². The van der Waals surface area contributed by atoms with Crippen LogP contribution in [0.3, 0.4) is 0 Å². The van der Waals surface area contributed by atoms with Gasteiger partial charge in [-0.15, -0.1) is 0 Å².